The summed E-state index contributed by atoms with van der Waals surface area (Å²) >= 11 is 0. The van der Waals surface area contributed by atoms with E-state index in [0.717, 1.165) is 19.3 Å². The monoisotopic (exact) mass is 184 g/mol. The number of carboxylic acid groups (broad SMARTS) is 1. The van der Waals surface area contributed by atoms with Gasteiger partial charge in [-0.15, -0.1) is 0 Å². The van der Waals surface area contributed by atoms with Crippen LogP contribution in [0.5, 0.6) is 0 Å². The van der Waals surface area contributed by atoms with Gasteiger partial charge in [-0.1, -0.05) is 33.3 Å². The van der Waals surface area contributed by atoms with Gasteiger partial charge >= 0.3 is 5.97 Å². The van der Waals surface area contributed by atoms with Crippen molar-refractivity contribution < 1.29 is 9.90 Å². The fourth-order valence-corrected chi connectivity index (χ4v) is 1.51. The van der Waals surface area contributed by atoms with Crippen LogP contribution in [0.4, 0.5) is 0 Å². The van der Waals surface area contributed by atoms with Crippen molar-refractivity contribution in [1.29, 1.82) is 0 Å². The summed E-state index contributed by atoms with van der Waals surface area (Å²) < 4.78 is 0. The van der Waals surface area contributed by atoms with Crippen LogP contribution in [0.1, 0.15) is 47.0 Å². The molecule has 1 unspecified atom stereocenters. The molecular weight excluding hydrogens is 164 g/mol. The van der Waals surface area contributed by atoms with E-state index in [4.69, 9.17) is 5.11 Å². The van der Waals surface area contributed by atoms with Crippen LogP contribution in [0.15, 0.2) is 11.6 Å². The molecule has 0 aliphatic heterocycles. The highest BCUT2D eigenvalue weighted by Gasteiger charge is 2.19. The molecule has 0 saturated carbocycles. The molecule has 1 N–H and O–H groups in total. The van der Waals surface area contributed by atoms with E-state index in [2.05, 4.69) is 20.8 Å². The molecule has 0 aromatic carbocycles. The maximum absolute atomic E-state index is 10.6. The number of aliphatic carboxylic acids is 1. The first-order chi connectivity index (χ1) is 5.95. The third kappa shape index (κ3) is 4.11. The molecule has 1 atom stereocenters. The van der Waals surface area contributed by atoms with E-state index < -0.39 is 5.97 Å². The topological polar surface area (TPSA) is 37.3 Å². The van der Waals surface area contributed by atoms with Crippen molar-refractivity contribution in [3.05, 3.63) is 11.6 Å². The van der Waals surface area contributed by atoms with E-state index in [1.54, 1.807) is 6.92 Å². The van der Waals surface area contributed by atoms with E-state index in [-0.39, 0.29) is 5.41 Å². The van der Waals surface area contributed by atoms with E-state index in [1.165, 1.54) is 0 Å². The quantitative estimate of drug-likeness (QED) is 0.666. The normalized spacial score (nSPS) is 16.8. The lowest BCUT2D eigenvalue weighted by atomic mass is 9.81. The average molecular weight is 184 g/mol. The molecular formula is C11H20O2. The summed E-state index contributed by atoms with van der Waals surface area (Å²) in [7, 11) is 0. The lowest BCUT2D eigenvalue weighted by Gasteiger charge is -2.24. The Kier molecular flexibility index (Phi) is 4.74. The van der Waals surface area contributed by atoms with Gasteiger partial charge in [0.15, 0.2) is 0 Å². The summed E-state index contributed by atoms with van der Waals surface area (Å²) in [5, 5.41) is 8.74. The van der Waals surface area contributed by atoms with Crippen LogP contribution in [0, 0.1) is 5.41 Å². The van der Waals surface area contributed by atoms with Crippen LogP contribution in [0.3, 0.4) is 0 Å². The second kappa shape index (κ2) is 5.05. The molecule has 0 saturated heterocycles. The van der Waals surface area contributed by atoms with Crippen LogP contribution < -0.4 is 0 Å². The zero-order valence-electron chi connectivity index (χ0n) is 9.05. The Hall–Kier alpha value is -0.790. The minimum absolute atomic E-state index is 0.0528. The first-order valence-electron chi connectivity index (χ1n) is 4.88. The van der Waals surface area contributed by atoms with E-state index in [0.29, 0.717) is 5.57 Å². The minimum Gasteiger partial charge on any atom is -0.478 e. The zero-order chi connectivity index (χ0) is 10.5. The maximum atomic E-state index is 10.6. The summed E-state index contributed by atoms with van der Waals surface area (Å²) in [4.78, 5) is 10.6. The molecule has 0 aliphatic carbocycles. The first kappa shape index (κ1) is 12.2. The molecule has 0 aromatic heterocycles. The molecule has 0 radical (unpaired) electrons. The van der Waals surface area contributed by atoms with Crippen LogP contribution in [0.25, 0.3) is 0 Å². The highest BCUT2D eigenvalue weighted by Crippen LogP contribution is 2.30. The molecule has 0 aliphatic rings. The highest BCUT2D eigenvalue weighted by atomic mass is 16.4. The van der Waals surface area contributed by atoms with Gasteiger partial charge in [0.1, 0.15) is 0 Å². The number of allylic oxidation sites excluding steroid dienone is 1. The van der Waals surface area contributed by atoms with Crippen molar-refractivity contribution in [3.8, 4) is 0 Å². The van der Waals surface area contributed by atoms with Crippen molar-refractivity contribution in [2.45, 2.75) is 47.0 Å². The van der Waals surface area contributed by atoms with Gasteiger partial charge in [-0.25, -0.2) is 4.79 Å². The standard InChI is InChI=1S/C11H20O2/c1-5-7-11(4,6-2)8-9(3)10(12)13/h8H,5-7H2,1-4H3,(H,12,13)/b9-8+. The van der Waals surface area contributed by atoms with E-state index in [1.807, 2.05) is 6.08 Å². The van der Waals surface area contributed by atoms with Gasteiger partial charge in [0.2, 0.25) is 0 Å². The fraction of sp³-hybridized carbons (Fsp3) is 0.727. The lowest BCUT2D eigenvalue weighted by Crippen LogP contribution is -2.13. The maximum Gasteiger partial charge on any atom is 0.330 e. The van der Waals surface area contributed by atoms with Gasteiger partial charge in [0.25, 0.3) is 0 Å². The zero-order valence-corrected chi connectivity index (χ0v) is 9.05. The number of carboxylic acids is 1. The number of carbonyl (C=O) groups is 1. The van der Waals surface area contributed by atoms with Gasteiger partial charge in [-0.05, 0) is 25.2 Å². The molecule has 0 rings (SSSR count). The first-order valence-corrected chi connectivity index (χ1v) is 4.88. The van der Waals surface area contributed by atoms with Crippen LogP contribution in [-0.4, -0.2) is 11.1 Å². The van der Waals surface area contributed by atoms with Crippen molar-refractivity contribution in [2.75, 3.05) is 0 Å². The summed E-state index contributed by atoms with van der Waals surface area (Å²) in [6.07, 6.45) is 5.02. The number of hydrogen-bond acceptors (Lipinski definition) is 1. The second-order valence-electron chi connectivity index (χ2n) is 3.89. The smallest absolute Gasteiger partial charge is 0.330 e. The predicted octanol–water partition coefficient (Wildman–Crippen LogP) is 3.23. The predicted molar refractivity (Wildman–Crippen MR) is 54.7 cm³/mol. The van der Waals surface area contributed by atoms with E-state index in [9.17, 15) is 4.79 Å². The molecule has 76 valence electrons. The summed E-state index contributed by atoms with van der Waals surface area (Å²) in [5.74, 6) is -0.809. The molecule has 0 spiro atoms. The Labute approximate surface area is 80.7 Å². The summed E-state index contributed by atoms with van der Waals surface area (Å²) in [5.41, 5.74) is 0.509. The Bertz CT molecular complexity index is 206. The van der Waals surface area contributed by atoms with Crippen molar-refractivity contribution >= 4 is 5.97 Å². The van der Waals surface area contributed by atoms with Gasteiger partial charge < -0.3 is 5.11 Å². The SMILES string of the molecule is CCCC(C)(/C=C(\C)C(=O)O)CC. The molecule has 0 heterocycles. The average Bonchev–Trinajstić information content (AvgIpc) is 2.04. The fourth-order valence-electron chi connectivity index (χ4n) is 1.51. The van der Waals surface area contributed by atoms with Gasteiger partial charge in [-0.3, -0.25) is 0 Å². The van der Waals surface area contributed by atoms with Crippen molar-refractivity contribution in [1.82, 2.24) is 0 Å². The van der Waals surface area contributed by atoms with Crippen LogP contribution >= 0.6 is 0 Å². The largest absolute Gasteiger partial charge is 0.478 e. The van der Waals surface area contributed by atoms with Crippen LogP contribution in [0.2, 0.25) is 0 Å². The van der Waals surface area contributed by atoms with Crippen LogP contribution in [-0.2, 0) is 4.79 Å². The minimum atomic E-state index is -0.809. The third-order valence-electron chi connectivity index (χ3n) is 2.53. The lowest BCUT2D eigenvalue weighted by molar-refractivity contribution is -0.132. The Balaban J connectivity index is 4.58. The molecule has 0 aromatic rings. The van der Waals surface area contributed by atoms with Crippen molar-refractivity contribution in [3.63, 3.8) is 0 Å². The Morgan fingerprint density at radius 2 is 2.00 bits per heavy atom. The number of rotatable bonds is 5. The number of hydrogen-bond donors (Lipinski definition) is 1. The summed E-state index contributed by atoms with van der Waals surface area (Å²) in [6.45, 7) is 7.99. The highest BCUT2D eigenvalue weighted by molar-refractivity contribution is 5.85. The molecule has 2 nitrogen and oxygen atoms in total. The Morgan fingerprint density at radius 1 is 1.46 bits per heavy atom. The third-order valence-corrected chi connectivity index (χ3v) is 2.53. The van der Waals surface area contributed by atoms with Crippen molar-refractivity contribution in [2.24, 2.45) is 5.41 Å². The Morgan fingerprint density at radius 3 is 2.31 bits per heavy atom. The molecule has 0 bridgehead atoms. The molecule has 0 amide bonds. The van der Waals surface area contributed by atoms with Gasteiger partial charge in [0.05, 0.1) is 0 Å². The molecule has 0 fully saturated rings. The summed E-state index contributed by atoms with van der Waals surface area (Å²) in [6, 6.07) is 0. The van der Waals surface area contributed by atoms with Gasteiger partial charge in [0, 0.05) is 5.57 Å². The van der Waals surface area contributed by atoms with E-state index >= 15 is 0 Å². The second-order valence-corrected chi connectivity index (χ2v) is 3.89. The molecule has 2 heteroatoms. The molecule has 13 heavy (non-hydrogen) atoms. The van der Waals surface area contributed by atoms with Gasteiger partial charge in [-0.2, -0.15) is 0 Å².